The molecule has 0 aromatic heterocycles. The van der Waals surface area contributed by atoms with Gasteiger partial charge in [0, 0.05) is 4.90 Å². The third-order valence-electron chi connectivity index (χ3n) is 1.74. The lowest BCUT2D eigenvalue weighted by atomic mass is 10.0. The molecule has 0 amide bonds. The molecule has 1 N–H and O–H groups in total. The molecule has 1 nitrogen and oxygen atoms in total. The second-order valence-electron chi connectivity index (χ2n) is 3.03. The summed E-state index contributed by atoms with van der Waals surface area (Å²) < 4.78 is 3.07. The Labute approximate surface area is 78.7 Å². The lowest BCUT2D eigenvalue weighted by molar-refractivity contribution is 0.862. The zero-order chi connectivity index (χ0) is 8.97. The van der Waals surface area contributed by atoms with Crippen molar-refractivity contribution in [2.45, 2.75) is 24.7 Å². The van der Waals surface area contributed by atoms with Crippen LogP contribution in [-0.2, 0) is 0 Å². The van der Waals surface area contributed by atoms with Gasteiger partial charge in [0.1, 0.15) is 0 Å². The van der Waals surface area contributed by atoms with Crippen molar-refractivity contribution in [1.82, 2.24) is 4.72 Å². The third kappa shape index (κ3) is 2.54. The Morgan fingerprint density at radius 1 is 1.33 bits per heavy atom. The van der Waals surface area contributed by atoms with Crippen LogP contribution in [-0.4, -0.2) is 7.05 Å². The molecule has 66 valence electrons. The van der Waals surface area contributed by atoms with Crippen LogP contribution in [0.3, 0.4) is 0 Å². The molecule has 1 aromatic rings. The van der Waals surface area contributed by atoms with Crippen LogP contribution in [0.1, 0.15) is 25.3 Å². The van der Waals surface area contributed by atoms with Crippen molar-refractivity contribution in [3.63, 3.8) is 0 Å². The fourth-order valence-corrected chi connectivity index (χ4v) is 1.63. The molecule has 0 aliphatic heterocycles. The van der Waals surface area contributed by atoms with Crippen molar-refractivity contribution in [3.05, 3.63) is 29.8 Å². The minimum Gasteiger partial charge on any atom is -0.263 e. The van der Waals surface area contributed by atoms with E-state index in [9.17, 15) is 0 Å². The Morgan fingerprint density at radius 3 is 2.67 bits per heavy atom. The number of hydrogen-bond acceptors (Lipinski definition) is 2. The SMILES string of the molecule is CNSc1cccc(C(C)C)c1. The van der Waals surface area contributed by atoms with Gasteiger partial charge in [-0.15, -0.1) is 0 Å². The van der Waals surface area contributed by atoms with Crippen molar-refractivity contribution in [3.8, 4) is 0 Å². The van der Waals surface area contributed by atoms with Gasteiger partial charge in [-0.3, -0.25) is 4.72 Å². The van der Waals surface area contributed by atoms with Crippen molar-refractivity contribution in [2.75, 3.05) is 7.05 Å². The first-order chi connectivity index (χ1) is 5.74. The molecule has 0 saturated heterocycles. The van der Waals surface area contributed by atoms with Gasteiger partial charge in [0.25, 0.3) is 0 Å². The summed E-state index contributed by atoms with van der Waals surface area (Å²) in [5.41, 5.74) is 1.40. The van der Waals surface area contributed by atoms with Gasteiger partial charge in [-0.05, 0) is 42.6 Å². The molecule has 0 fully saturated rings. The molecule has 1 aromatic carbocycles. The van der Waals surface area contributed by atoms with E-state index < -0.39 is 0 Å². The third-order valence-corrected chi connectivity index (χ3v) is 2.44. The highest BCUT2D eigenvalue weighted by atomic mass is 32.2. The van der Waals surface area contributed by atoms with Gasteiger partial charge < -0.3 is 0 Å². The van der Waals surface area contributed by atoms with Crippen LogP contribution in [0.5, 0.6) is 0 Å². The van der Waals surface area contributed by atoms with E-state index in [1.165, 1.54) is 10.5 Å². The highest BCUT2D eigenvalue weighted by Crippen LogP contribution is 2.20. The van der Waals surface area contributed by atoms with Gasteiger partial charge in [-0.1, -0.05) is 26.0 Å². The van der Waals surface area contributed by atoms with E-state index in [1.807, 2.05) is 7.05 Å². The van der Waals surface area contributed by atoms with E-state index in [0.29, 0.717) is 5.92 Å². The Hall–Kier alpha value is -0.470. The summed E-state index contributed by atoms with van der Waals surface area (Å²) >= 11 is 1.66. The number of rotatable bonds is 3. The molecular weight excluding hydrogens is 166 g/mol. The smallest absolute Gasteiger partial charge is 0.0230 e. The normalized spacial score (nSPS) is 10.7. The topological polar surface area (TPSA) is 12.0 Å². The molecule has 0 bridgehead atoms. The number of benzene rings is 1. The molecule has 0 aliphatic rings. The molecule has 12 heavy (non-hydrogen) atoms. The quantitative estimate of drug-likeness (QED) is 0.719. The summed E-state index contributed by atoms with van der Waals surface area (Å²) in [6, 6.07) is 8.62. The lowest BCUT2D eigenvalue weighted by Crippen LogP contribution is -1.92. The molecule has 0 atom stereocenters. The second kappa shape index (κ2) is 4.53. The summed E-state index contributed by atoms with van der Waals surface area (Å²) in [4.78, 5) is 1.28. The maximum absolute atomic E-state index is 3.07. The summed E-state index contributed by atoms with van der Waals surface area (Å²) in [5, 5.41) is 0. The highest BCUT2D eigenvalue weighted by molar-refractivity contribution is 7.97. The first-order valence-corrected chi connectivity index (χ1v) is 4.99. The molecule has 0 saturated carbocycles. The molecule has 0 heterocycles. The van der Waals surface area contributed by atoms with Crippen molar-refractivity contribution in [1.29, 1.82) is 0 Å². The lowest BCUT2D eigenvalue weighted by Gasteiger charge is -2.06. The van der Waals surface area contributed by atoms with Crippen molar-refractivity contribution >= 4 is 11.9 Å². The Kier molecular flexibility index (Phi) is 3.63. The predicted molar refractivity (Wildman–Crippen MR) is 55.4 cm³/mol. The zero-order valence-corrected chi connectivity index (χ0v) is 8.61. The fourth-order valence-electron chi connectivity index (χ4n) is 1.06. The van der Waals surface area contributed by atoms with Crippen LogP contribution in [0, 0.1) is 0 Å². The number of hydrogen-bond donors (Lipinski definition) is 1. The van der Waals surface area contributed by atoms with Crippen LogP contribution in [0.15, 0.2) is 29.2 Å². The molecule has 0 radical (unpaired) electrons. The minimum atomic E-state index is 0.613. The highest BCUT2D eigenvalue weighted by Gasteiger charge is 1.99. The molecule has 0 unspecified atom stereocenters. The van der Waals surface area contributed by atoms with E-state index in [0.717, 1.165) is 0 Å². The second-order valence-corrected chi connectivity index (χ2v) is 4.12. The van der Waals surface area contributed by atoms with E-state index in [2.05, 4.69) is 42.8 Å². The van der Waals surface area contributed by atoms with E-state index >= 15 is 0 Å². The summed E-state index contributed by atoms with van der Waals surface area (Å²) in [6.07, 6.45) is 0. The van der Waals surface area contributed by atoms with Crippen molar-refractivity contribution in [2.24, 2.45) is 0 Å². The maximum atomic E-state index is 3.07. The van der Waals surface area contributed by atoms with Crippen molar-refractivity contribution < 1.29 is 0 Å². The predicted octanol–water partition coefficient (Wildman–Crippen LogP) is 3.04. The first kappa shape index (κ1) is 9.62. The van der Waals surface area contributed by atoms with E-state index in [-0.39, 0.29) is 0 Å². The summed E-state index contributed by atoms with van der Waals surface area (Å²) in [7, 11) is 1.94. The maximum Gasteiger partial charge on any atom is 0.0230 e. The molecular formula is C10H15NS. The van der Waals surface area contributed by atoms with Gasteiger partial charge in [-0.25, -0.2) is 0 Å². The van der Waals surface area contributed by atoms with Gasteiger partial charge in [0.05, 0.1) is 0 Å². The monoisotopic (exact) mass is 181 g/mol. The Bertz CT molecular complexity index is 245. The van der Waals surface area contributed by atoms with Gasteiger partial charge in [-0.2, -0.15) is 0 Å². The van der Waals surface area contributed by atoms with Gasteiger partial charge in [0.2, 0.25) is 0 Å². The molecule has 0 spiro atoms. The van der Waals surface area contributed by atoms with Crippen LogP contribution in [0.2, 0.25) is 0 Å². The Morgan fingerprint density at radius 2 is 2.08 bits per heavy atom. The zero-order valence-electron chi connectivity index (χ0n) is 7.79. The molecule has 0 aliphatic carbocycles. The minimum absolute atomic E-state index is 0.613. The molecule has 2 heteroatoms. The van der Waals surface area contributed by atoms with Crippen LogP contribution < -0.4 is 4.72 Å². The molecule has 1 rings (SSSR count). The average molecular weight is 181 g/mol. The van der Waals surface area contributed by atoms with Gasteiger partial charge in [0.15, 0.2) is 0 Å². The van der Waals surface area contributed by atoms with Crippen LogP contribution >= 0.6 is 11.9 Å². The fraction of sp³-hybridized carbons (Fsp3) is 0.400. The standard InChI is InChI=1S/C10H15NS/c1-8(2)9-5-4-6-10(7-9)12-11-3/h4-8,11H,1-3H3. The van der Waals surface area contributed by atoms with E-state index in [4.69, 9.17) is 0 Å². The largest absolute Gasteiger partial charge is 0.263 e. The Balaban J connectivity index is 2.81. The van der Waals surface area contributed by atoms with E-state index in [1.54, 1.807) is 11.9 Å². The first-order valence-electron chi connectivity index (χ1n) is 4.17. The summed E-state index contributed by atoms with van der Waals surface area (Å²) in [5.74, 6) is 0.613. The summed E-state index contributed by atoms with van der Waals surface area (Å²) in [6.45, 7) is 4.42. The van der Waals surface area contributed by atoms with Crippen LogP contribution in [0.4, 0.5) is 0 Å². The van der Waals surface area contributed by atoms with Crippen LogP contribution in [0.25, 0.3) is 0 Å². The number of nitrogens with one attached hydrogen (secondary N) is 1. The average Bonchev–Trinajstić information content (AvgIpc) is 2.05. The van der Waals surface area contributed by atoms with Gasteiger partial charge >= 0.3 is 0 Å².